The molecule has 0 bridgehead atoms. The Balaban J connectivity index is 2.27. The number of rotatable bonds is 8. The molecule has 0 amide bonds. The maximum Gasteiger partial charge on any atom is 0.309 e. The Morgan fingerprint density at radius 3 is 2.22 bits per heavy atom. The molecule has 32 heavy (non-hydrogen) atoms. The minimum Gasteiger partial charge on any atom is -0.496 e. The first-order chi connectivity index (χ1) is 14.9. The van der Waals surface area contributed by atoms with Gasteiger partial charge in [0.1, 0.15) is 23.3 Å². The van der Waals surface area contributed by atoms with E-state index in [1.165, 1.54) is 19.2 Å². The summed E-state index contributed by atoms with van der Waals surface area (Å²) >= 11 is 0. The van der Waals surface area contributed by atoms with Gasteiger partial charge in [-0.25, -0.2) is 4.39 Å². The molecule has 0 fully saturated rings. The number of aryl methyl sites for hydroxylation is 1. The van der Waals surface area contributed by atoms with E-state index in [1.807, 2.05) is 31.2 Å². The van der Waals surface area contributed by atoms with Crippen molar-refractivity contribution in [2.75, 3.05) is 7.11 Å². The zero-order valence-electron chi connectivity index (χ0n) is 19.9. The number of hydrogen-bond acceptors (Lipinski definition) is 5. The number of halogens is 1. The molecule has 6 heteroatoms. The molecule has 1 unspecified atom stereocenters. The maximum absolute atomic E-state index is 13.8. The van der Waals surface area contributed by atoms with Crippen molar-refractivity contribution in [3.63, 3.8) is 0 Å². The lowest BCUT2D eigenvalue weighted by Gasteiger charge is -2.28. The van der Waals surface area contributed by atoms with E-state index in [0.717, 1.165) is 11.1 Å². The molecule has 2 aromatic carbocycles. The van der Waals surface area contributed by atoms with Gasteiger partial charge < -0.3 is 14.2 Å². The molecular weight excluding hydrogens is 411 g/mol. The van der Waals surface area contributed by atoms with E-state index in [9.17, 15) is 14.0 Å². The molecule has 0 radical (unpaired) electrons. The van der Waals surface area contributed by atoms with E-state index in [4.69, 9.17) is 14.2 Å². The van der Waals surface area contributed by atoms with Gasteiger partial charge in [0.05, 0.1) is 19.4 Å². The fourth-order valence-corrected chi connectivity index (χ4v) is 3.50. The van der Waals surface area contributed by atoms with E-state index < -0.39 is 35.4 Å². The van der Waals surface area contributed by atoms with Crippen LogP contribution >= 0.6 is 0 Å². The van der Waals surface area contributed by atoms with E-state index in [1.54, 1.807) is 40.7 Å². The molecule has 0 aliphatic rings. The third-order valence-electron chi connectivity index (χ3n) is 5.03. The lowest BCUT2D eigenvalue weighted by Crippen LogP contribution is -2.30. The first kappa shape index (κ1) is 25.4. The first-order valence-electron chi connectivity index (χ1n) is 10.7. The van der Waals surface area contributed by atoms with Gasteiger partial charge in [0.2, 0.25) is 0 Å². The topological polar surface area (TPSA) is 61.8 Å². The smallest absolute Gasteiger partial charge is 0.309 e. The molecule has 2 rings (SSSR count). The highest BCUT2D eigenvalue weighted by molar-refractivity contribution is 5.80. The second-order valence-electron chi connectivity index (χ2n) is 9.11. The van der Waals surface area contributed by atoms with Crippen LogP contribution in [0, 0.1) is 18.7 Å². The largest absolute Gasteiger partial charge is 0.496 e. The van der Waals surface area contributed by atoms with Crippen LogP contribution in [0.15, 0.2) is 42.5 Å². The Hall–Kier alpha value is -2.89. The van der Waals surface area contributed by atoms with Crippen molar-refractivity contribution < 1.29 is 28.2 Å². The van der Waals surface area contributed by atoms with Gasteiger partial charge in [-0.3, -0.25) is 9.59 Å². The van der Waals surface area contributed by atoms with E-state index in [2.05, 4.69) is 0 Å². The summed E-state index contributed by atoms with van der Waals surface area (Å²) in [4.78, 5) is 24.9. The van der Waals surface area contributed by atoms with Crippen molar-refractivity contribution in [3.8, 4) is 5.75 Å². The summed E-state index contributed by atoms with van der Waals surface area (Å²) in [5.74, 6) is -2.04. The highest BCUT2D eigenvalue weighted by Crippen LogP contribution is 2.36. The van der Waals surface area contributed by atoms with Gasteiger partial charge >= 0.3 is 11.9 Å². The molecule has 0 N–H and O–H groups in total. The van der Waals surface area contributed by atoms with E-state index in [-0.39, 0.29) is 12.3 Å². The van der Waals surface area contributed by atoms with Gasteiger partial charge in [-0.2, -0.15) is 0 Å². The second-order valence-corrected chi connectivity index (χ2v) is 9.11. The standard InChI is InChI=1S/C26H33FO5/c1-16-8-10-19(11-9-16)24(21-13-12-20(27)15-22(21)30-7)18(3)31-25(29)17(2)14-23(28)32-26(4,5)6/h8-13,15,17-18,24H,14H2,1-7H3/t17-,18+,24?/m1/s1. The van der Waals surface area contributed by atoms with Crippen LogP contribution in [0.25, 0.3) is 0 Å². The molecule has 0 aliphatic heterocycles. The Morgan fingerprint density at radius 2 is 1.66 bits per heavy atom. The van der Waals surface area contributed by atoms with Crippen LogP contribution in [-0.2, 0) is 19.1 Å². The Labute approximate surface area is 189 Å². The van der Waals surface area contributed by atoms with Crippen molar-refractivity contribution in [2.24, 2.45) is 5.92 Å². The highest BCUT2D eigenvalue weighted by atomic mass is 19.1. The molecule has 0 saturated heterocycles. The summed E-state index contributed by atoms with van der Waals surface area (Å²) in [7, 11) is 1.48. The molecule has 3 atom stereocenters. The predicted octanol–water partition coefficient (Wildman–Crippen LogP) is 5.57. The lowest BCUT2D eigenvalue weighted by molar-refractivity contribution is -0.163. The number of benzene rings is 2. The number of carbonyl (C=O) groups excluding carboxylic acids is 2. The lowest BCUT2D eigenvalue weighted by atomic mass is 9.86. The minimum absolute atomic E-state index is 0.0715. The molecule has 0 saturated carbocycles. The summed E-state index contributed by atoms with van der Waals surface area (Å²) in [6.45, 7) is 10.7. The van der Waals surface area contributed by atoms with Gasteiger partial charge in [0, 0.05) is 17.5 Å². The predicted molar refractivity (Wildman–Crippen MR) is 121 cm³/mol. The van der Waals surface area contributed by atoms with E-state index >= 15 is 0 Å². The van der Waals surface area contributed by atoms with Crippen LogP contribution in [0.1, 0.15) is 63.6 Å². The summed E-state index contributed by atoms with van der Waals surface area (Å²) in [6.07, 6.45) is -0.664. The number of methoxy groups -OCH3 is 1. The normalized spacial score (nSPS) is 14.2. The summed E-state index contributed by atoms with van der Waals surface area (Å²) in [5, 5.41) is 0. The Morgan fingerprint density at radius 1 is 1.03 bits per heavy atom. The van der Waals surface area contributed by atoms with Gasteiger partial charge in [-0.05, 0) is 46.2 Å². The zero-order chi connectivity index (χ0) is 24.1. The van der Waals surface area contributed by atoms with Crippen molar-refractivity contribution in [1.29, 1.82) is 0 Å². The van der Waals surface area contributed by atoms with Crippen LogP contribution in [0.5, 0.6) is 5.75 Å². The number of carbonyl (C=O) groups is 2. The van der Waals surface area contributed by atoms with Crippen molar-refractivity contribution in [3.05, 3.63) is 65.0 Å². The average Bonchev–Trinajstić information content (AvgIpc) is 2.69. The summed E-state index contributed by atoms with van der Waals surface area (Å²) in [6, 6.07) is 12.2. The maximum atomic E-state index is 13.8. The molecule has 5 nitrogen and oxygen atoms in total. The third-order valence-corrected chi connectivity index (χ3v) is 5.03. The van der Waals surface area contributed by atoms with E-state index in [0.29, 0.717) is 11.3 Å². The van der Waals surface area contributed by atoms with Crippen LogP contribution in [-0.4, -0.2) is 30.8 Å². The first-order valence-corrected chi connectivity index (χ1v) is 10.7. The fourth-order valence-electron chi connectivity index (χ4n) is 3.50. The van der Waals surface area contributed by atoms with Gasteiger partial charge in [0.15, 0.2) is 0 Å². The number of ether oxygens (including phenoxy) is 3. The van der Waals surface area contributed by atoms with Crippen molar-refractivity contribution in [2.45, 2.75) is 65.6 Å². The Bertz CT molecular complexity index is 930. The van der Waals surface area contributed by atoms with Gasteiger partial charge in [0.25, 0.3) is 0 Å². The van der Waals surface area contributed by atoms with Crippen molar-refractivity contribution >= 4 is 11.9 Å². The minimum atomic E-state index is -0.666. The molecule has 2 aromatic rings. The number of hydrogen-bond donors (Lipinski definition) is 0. The number of esters is 2. The van der Waals surface area contributed by atoms with Crippen molar-refractivity contribution in [1.82, 2.24) is 0 Å². The van der Waals surface area contributed by atoms with Crippen LogP contribution in [0.3, 0.4) is 0 Å². The highest BCUT2D eigenvalue weighted by Gasteiger charge is 2.30. The monoisotopic (exact) mass is 444 g/mol. The van der Waals surface area contributed by atoms with Gasteiger partial charge in [-0.15, -0.1) is 0 Å². The SMILES string of the molecule is COc1cc(F)ccc1C(c1ccc(C)cc1)[C@H](C)OC(=O)[C@H](C)CC(=O)OC(C)(C)C. The molecule has 0 aromatic heterocycles. The second kappa shape index (κ2) is 10.6. The van der Waals surface area contributed by atoms with Crippen LogP contribution < -0.4 is 4.74 Å². The fraction of sp³-hybridized carbons (Fsp3) is 0.462. The van der Waals surface area contributed by atoms with Gasteiger partial charge in [-0.1, -0.05) is 42.8 Å². The summed E-state index contributed by atoms with van der Waals surface area (Å²) < 4.78 is 30.3. The third kappa shape index (κ3) is 7.08. The zero-order valence-corrected chi connectivity index (χ0v) is 19.9. The molecule has 0 heterocycles. The van der Waals surface area contributed by atoms with Crippen LogP contribution in [0.4, 0.5) is 4.39 Å². The molecule has 174 valence electrons. The molecule has 0 spiro atoms. The molecule has 0 aliphatic carbocycles. The summed E-state index contributed by atoms with van der Waals surface area (Å²) in [5.41, 5.74) is 2.08. The molecular formula is C26H33FO5. The quantitative estimate of drug-likeness (QED) is 0.498. The average molecular weight is 445 g/mol. The Kier molecular flexibility index (Phi) is 8.42. The van der Waals surface area contributed by atoms with Crippen LogP contribution in [0.2, 0.25) is 0 Å².